The molecule has 0 aliphatic heterocycles. The second-order valence-electron chi connectivity index (χ2n) is 2.77. The number of hydrogen-bond donors (Lipinski definition) is 1. The molecule has 0 radical (unpaired) electrons. The zero-order valence-electron chi connectivity index (χ0n) is 7.41. The van der Waals surface area contributed by atoms with E-state index in [1.54, 1.807) is 7.05 Å². The predicted octanol–water partition coefficient (Wildman–Crippen LogP) is 3.24. The van der Waals surface area contributed by atoms with Crippen molar-refractivity contribution in [3.63, 3.8) is 0 Å². The fourth-order valence-corrected chi connectivity index (χ4v) is 1.50. The molecule has 0 aromatic heterocycles. The zero-order valence-corrected chi connectivity index (χ0v) is 9.89. The van der Waals surface area contributed by atoms with Gasteiger partial charge in [-0.05, 0) is 24.6 Å². The van der Waals surface area contributed by atoms with E-state index < -0.39 is 0 Å². The van der Waals surface area contributed by atoms with Crippen LogP contribution in [-0.4, -0.2) is 12.3 Å². The van der Waals surface area contributed by atoms with Crippen molar-refractivity contribution in [1.29, 1.82) is 0 Å². The highest BCUT2D eigenvalue weighted by Gasteiger charge is 2.08. The summed E-state index contributed by atoms with van der Waals surface area (Å²) in [5.41, 5.74) is 1.92. The number of benzene rings is 1. The van der Waals surface area contributed by atoms with Crippen molar-refractivity contribution >= 4 is 39.5 Å². The molecule has 1 aromatic rings. The van der Waals surface area contributed by atoms with Crippen LogP contribution < -0.4 is 4.90 Å². The molecule has 1 aromatic carbocycles. The number of rotatable bonds is 1. The summed E-state index contributed by atoms with van der Waals surface area (Å²) in [4.78, 5) is 12.5. The van der Waals surface area contributed by atoms with E-state index in [-0.39, 0.29) is 5.24 Å². The van der Waals surface area contributed by atoms with Crippen molar-refractivity contribution in [1.82, 2.24) is 0 Å². The lowest BCUT2D eigenvalue weighted by atomic mass is 10.2. The SMILES string of the molecule is Cc1ccc(Br)cc1N(C)C(=O)S. The summed E-state index contributed by atoms with van der Waals surface area (Å²) in [6, 6.07) is 5.78. The van der Waals surface area contributed by atoms with Crippen LogP contribution in [0.25, 0.3) is 0 Å². The minimum absolute atomic E-state index is 0.263. The minimum atomic E-state index is -0.263. The summed E-state index contributed by atoms with van der Waals surface area (Å²) >= 11 is 7.11. The van der Waals surface area contributed by atoms with E-state index in [0.717, 1.165) is 15.7 Å². The van der Waals surface area contributed by atoms with Crippen molar-refractivity contribution in [2.45, 2.75) is 6.92 Å². The number of aryl methyl sites for hydroxylation is 1. The Bertz CT molecular complexity index is 340. The third kappa shape index (κ3) is 2.48. The summed E-state index contributed by atoms with van der Waals surface area (Å²) < 4.78 is 0.953. The van der Waals surface area contributed by atoms with Gasteiger partial charge in [0.25, 0.3) is 5.24 Å². The van der Waals surface area contributed by atoms with E-state index in [1.807, 2.05) is 25.1 Å². The lowest BCUT2D eigenvalue weighted by Crippen LogP contribution is -2.20. The van der Waals surface area contributed by atoms with E-state index in [9.17, 15) is 4.79 Å². The average molecular weight is 260 g/mol. The van der Waals surface area contributed by atoms with Crippen molar-refractivity contribution < 1.29 is 4.79 Å². The summed E-state index contributed by atoms with van der Waals surface area (Å²) in [7, 11) is 1.70. The van der Waals surface area contributed by atoms with Crippen LogP contribution in [0, 0.1) is 6.92 Å². The van der Waals surface area contributed by atoms with Gasteiger partial charge in [-0.2, -0.15) is 0 Å². The van der Waals surface area contributed by atoms with E-state index in [4.69, 9.17) is 0 Å². The van der Waals surface area contributed by atoms with Crippen molar-refractivity contribution in [2.75, 3.05) is 11.9 Å². The summed E-state index contributed by atoms with van der Waals surface area (Å²) in [5.74, 6) is 0. The first kappa shape index (κ1) is 10.6. The minimum Gasteiger partial charge on any atom is -0.306 e. The second kappa shape index (κ2) is 4.15. The number of nitrogens with zero attached hydrogens (tertiary/aromatic N) is 1. The molecule has 0 saturated heterocycles. The molecule has 0 fully saturated rings. The smallest absolute Gasteiger partial charge is 0.282 e. The number of carbonyl (C=O) groups excluding carboxylic acids is 1. The van der Waals surface area contributed by atoms with Crippen molar-refractivity contribution in [3.8, 4) is 0 Å². The van der Waals surface area contributed by atoms with Crippen LogP contribution in [0.3, 0.4) is 0 Å². The Balaban J connectivity index is 3.12. The third-order valence-electron chi connectivity index (χ3n) is 1.82. The van der Waals surface area contributed by atoms with Crippen LogP contribution in [0.15, 0.2) is 22.7 Å². The molecule has 0 spiro atoms. The molecule has 0 bridgehead atoms. The molecule has 2 nitrogen and oxygen atoms in total. The van der Waals surface area contributed by atoms with E-state index in [1.165, 1.54) is 4.90 Å². The Morgan fingerprint density at radius 2 is 2.15 bits per heavy atom. The first-order valence-corrected chi connectivity index (χ1v) is 4.99. The highest BCUT2D eigenvalue weighted by molar-refractivity contribution is 9.10. The molecule has 1 rings (SSSR count). The highest BCUT2D eigenvalue weighted by Crippen LogP contribution is 2.24. The van der Waals surface area contributed by atoms with Gasteiger partial charge in [0.1, 0.15) is 0 Å². The van der Waals surface area contributed by atoms with Crippen LogP contribution in [0.5, 0.6) is 0 Å². The van der Waals surface area contributed by atoms with Crippen LogP contribution in [-0.2, 0) is 0 Å². The number of halogens is 1. The summed E-state index contributed by atoms with van der Waals surface area (Å²) in [6.45, 7) is 1.95. The molecular weight excluding hydrogens is 250 g/mol. The van der Waals surface area contributed by atoms with Crippen LogP contribution in [0.1, 0.15) is 5.56 Å². The van der Waals surface area contributed by atoms with Gasteiger partial charge in [-0.25, -0.2) is 0 Å². The quantitative estimate of drug-likeness (QED) is 0.768. The molecule has 4 heteroatoms. The van der Waals surface area contributed by atoms with E-state index >= 15 is 0 Å². The average Bonchev–Trinajstić information content (AvgIpc) is 2.08. The van der Waals surface area contributed by atoms with Gasteiger partial charge in [0.15, 0.2) is 0 Å². The molecule has 0 N–H and O–H groups in total. The summed E-state index contributed by atoms with van der Waals surface area (Å²) in [6.07, 6.45) is 0. The van der Waals surface area contributed by atoms with Gasteiger partial charge in [-0.15, -0.1) is 0 Å². The number of carbonyl (C=O) groups is 1. The van der Waals surface area contributed by atoms with Crippen molar-refractivity contribution in [3.05, 3.63) is 28.2 Å². The molecule has 0 heterocycles. The fourth-order valence-electron chi connectivity index (χ4n) is 1.05. The summed E-state index contributed by atoms with van der Waals surface area (Å²) in [5, 5.41) is -0.263. The lowest BCUT2D eigenvalue weighted by Gasteiger charge is -2.16. The lowest BCUT2D eigenvalue weighted by molar-refractivity contribution is 0.266. The Morgan fingerprint density at radius 3 is 2.69 bits per heavy atom. The van der Waals surface area contributed by atoms with Gasteiger partial charge in [-0.3, -0.25) is 4.79 Å². The first-order chi connectivity index (χ1) is 6.02. The Morgan fingerprint density at radius 1 is 1.54 bits per heavy atom. The van der Waals surface area contributed by atoms with Gasteiger partial charge < -0.3 is 4.90 Å². The Labute approximate surface area is 91.5 Å². The fraction of sp³-hybridized carbons (Fsp3) is 0.222. The van der Waals surface area contributed by atoms with Gasteiger partial charge in [0.05, 0.1) is 0 Å². The Kier molecular flexibility index (Phi) is 3.39. The van der Waals surface area contributed by atoms with E-state index in [2.05, 4.69) is 28.6 Å². The topological polar surface area (TPSA) is 20.3 Å². The maximum Gasteiger partial charge on any atom is 0.282 e. The first-order valence-electron chi connectivity index (χ1n) is 3.75. The van der Waals surface area contributed by atoms with Gasteiger partial charge in [-0.1, -0.05) is 34.6 Å². The van der Waals surface area contributed by atoms with Crippen LogP contribution in [0.4, 0.5) is 10.5 Å². The number of amides is 1. The number of hydrogen-bond acceptors (Lipinski definition) is 1. The van der Waals surface area contributed by atoms with Gasteiger partial charge in [0.2, 0.25) is 0 Å². The van der Waals surface area contributed by atoms with Crippen molar-refractivity contribution in [2.24, 2.45) is 0 Å². The second-order valence-corrected chi connectivity index (χ2v) is 4.07. The molecule has 0 atom stereocenters. The van der Waals surface area contributed by atoms with Gasteiger partial charge >= 0.3 is 0 Å². The molecule has 1 amide bonds. The maximum absolute atomic E-state index is 11.0. The maximum atomic E-state index is 11.0. The number of thiol groups is 1. The highest BCUT2D eigenvalue weighted by atomic mass is 79.9. The Hall–Kier alpha value is -0.480. The largest absolute Gasteiger partial charge is 0.306 e. The normalized spacial score (nSPS) is 9.85. The molecule has 0 unspecified atom stereocenters. The monoisotopic (exact) mass is 259 g/mol. The van der Waals surface area contributed by atoms with Crippen LogP contribution >= 0.6 is 28.6 Å². The molecule has 0 aliphatic carbocycles. The molecule has 0 aliphatic rings. The third-order valence-corrected chi connectivity index (χ3v) is 2.61. The molecule has 13 heavy (non-hydrogen) atoms. The predicted molar refractivity (Wildman–Crippen MR) is 61.7 cm³/mol. The molecule has 0 saturated carbocycles. The van der Waals surface area contributed by atoms with Gasteiger partial charge in [0, 0.05) is 17.2 Å². The zero-order chi connectivity index (χ0) is 10.0. The number of anilines is 1. The van der Waals surface area contributed by atoms with Crippen LogP contribution in [0.2, 0.25) is 0 Å². The standard InChI is InChI=1S/C9H10BrNOS/c1-6-3-4-7(10)5-8(6)11(2)9(12)13/h3-5H,1-2H3,(H,12,13). The van der Waals surface area contributed by atoms with E-state index in [0.29, 0.717) is 0 Å². The molecule has 70 valence electrons. The molecular formula is C9H10BrNOS.